The van der Waals surface area contributed by atoms with E-state index in [4.69, 9.17) is 0 Å². The topological polar surface area (TPSA) is 74.6 Å². The van der Waals surface area contributed by atoms with Crippen molar-refractivity contribution in [2.24, 2.45) is 5.41 Å². The van der Waals surface area contributed by atoms with Gasteiger partial charge in [-0.05, 0) is 55.2 Å². The first-order chi connectivity index (χ1) is 13.9. The lowest BCUT2D eigenvalue weighted by Gasteiger charge is -2.22. The molecule has 1 rings (SSSR count). The fraction of sp³-hybridized carbons (Fsp3) is 0.520. The summed E-state index contributed by atoms with van der Waals surface area (Å²) >= 11 is 0. The van der Waals surface area contributed by atoms with Crippen LogP contribution < -0.4 is 0 Å². The third-order valence-corrected chi connectivity index (χ3v) is 5.59. The minimum absolute atomic E-state index is 0.0737. The lowest BCUT2D eigenvalue weighted by atomic mass is 9.80. The molecule has 0 aliphatic rings. The van der Waals surface area contributed by atoms with Gasteiger partial charge in [0, 0.05) is 0 Å². The zero-order chi connectivity index (χ0) is 21.7. The van der Waals surface area contributed by atoms with Gasteiger partial charge in [-0.2, -0.15) is 0 Å². The van der Waals surface area contributed by atoms with E-state index in [9.17, 15) is 19.8 Å². The minimum Gasteiger partial charge on any atom is -0.480 e. The Hall–Kier alpha value is -2.36. The van der Waals surface area contributed by atoms with Gasteiger partial charge >= 0.3 is 11.9 Å². The number of hydrogen-bond acceptors (Lipinski definition) is 2. The van der Waals surface area contributed by atoms with E-state index >= 15 is 0 Å². The number of carboxylic acids is 2. The van der Waals surface area contributed by atoms with Gasteiger partial charge in [-0.15, -0.1) is 0 Å². The van der Waals surface area contributed by atoms with Crippen LogP contribution in [0.1, 0.15) is 89.7 Å². The Morgan fingerprint density at radius 1 is 0.966 bits per heavy atom. The maximum atomic E-state index is 11.6. The molecule has 0 aliphatic heterocycles. The second kappa shape index (κ2) is 13.0. The second-order valence-corrected chi connectivity index (χ2v) is 7.51. The quantitative estimate of drug-likeness (QED) is 0.266. The summed E-state index contributed by atoms with van der Waals surface area (Å²) in [6.07, 6.45) is 13.8. The van der Waals surface area contributed by atoms with E-state index in [-0.39, 0.29) is 12.8 Å². The number of benzene rings is 1. The Balaban J connectivity index is 2.93. The van der Waals surface area contributed by atoms with Gasteiger partial charge in [0.25, 0.3) is 0 Å². The maximum Gasteiger partial charge on any atom is 0.321 e. The summed E-state index contributed by atoms with van der Waals surface area (Å²) in [6, 6.07) is 8.19. The first-order valence-electron chi connectivity index (χ1n) is 10.8. The largest absolute Gasteiger partial charge is 0.480 e. The first-order valence-corrected chi connectivity index (χ1v) is 10.8. The van der Waals surface area contributed by atoms with Crippen LogP contribution in [0.3, 0.4) is 0 Å². The van der Waals surface area contributed by atoms with Gasteiger partial charge in [0.1, 0.15) is 0 Å². The molecule has 0 amide bonds. The van der Waals surface area contributed by atoms with E-state index in [1.807, 2.05) is 18.2 Å². The van der Waals surface area contributed by atoms with E-state index < -0.39 is 17.4 Å². The molecule has 0 heterocycles. The van der Waals surface area contributed by atoms with Crippen molar-refractivity contribution in [3.05, 3.63) is 47.5 Å². The molecule has 1 aromatic rings. The van der Waals surface area contributed by atoms with Gasteiger partial charge in [-0.3, -0.25) is 9.59 Å². The lowest BCUT2D eigenvalue weighted by Crippen LogP contribution is -2.38. The van der Waals surface area contributed by atoms with Gasteiger partial charge in [-0.1, -0.05) is 82.5 Å². The van der Waals surface area contributed by atoms with Crippen molar-refractivity contribution in [2.75, 3.05) is 0 Å². The van der Waals surface area contributed by atoms with Crippen LogP contribution in [0, 0.1) is 5.41 Å². The molecule has 160 valence electrons. The Kier molecular flexibility index (Phi) is 11.0. The monoisotopic (exact) mass is 400 g/mol. The van der Waals surface area contributed by atoms with Crippen LogP contribution in [0.25, 0.3) is 11.6 Å². The molecule has 0 fully saturated rings. The summed E-state index contributed by atoms with van der Waals surface area (Å²) in [5, 5.41) is 18.9. The van der Waals surface area contributed by atoms with E-state index in [0.717, 1.165) is 29.5 Å². The summed E-state index contributed by atoms with van der Waals surface area (Å²) in [5.41, 5.74) is 1.69. The molecular weight excluding hydrogens is 364 g/mol. The van der Waals surface area contributed by atoms with Crippen LogP contribution in [0.4, 0.5) is 0 Å². The van der Waals surface area contributed by atoms with Crippen molar-refractivity contribution in [3.8, 4) is 0 Å². The Labute approximate surface area is 175 Å². The highest BCUT2D eigenvalue weighted by Crippen LogP contribution is 2.31. The van der Waals surface area contributed by atoms with E-state index in [1.54, 1.807) is 6.92 Å². The van der Waals surface area contributed by atoms with Gasteiger partial charge in [-0.25, -0.2) is 0 Å². The number of unbranched alkanes of at least 4 members (excludes halogenated alkanes) is 4. The summed E-state index contributed by atoms with van der Waals surface area (Å²) in [6.45, 7) is 5.90. The fourth-order valence-corrected chi connectivity index (χ4v) is 3.56. The van der Waals surface area contributed by atoms with Crippen LogP contribution in [0.15, 0.2) is 36.4 Å². The zero-order valence-electron chi connectivity index (χ0n) is 18.1. The predicted molar refractivity (Wildman–Crippen MR) is 120 cm³/mol. The minimum atomic E-state index is -1.72. The maximum absolute atomic E-state index is 11.6. The molecule has 0 atom stereocenters. The zero-order valence-corrected chi connectivity index (χ0v) is 18.1. The lowest BCUT2D eigenvalue weighted by molar-refractivity contribution is -0.165. The van der Waals surface area contributed by atoms with E-state index in [2.05, 4.69) is 38.1 Å². The van der Waals surface area contributed by atoms with E-state index in [1.165, 1.54) is 25.7 Å². The van der Waals surface area contributed by atoms with Crippen molar-refractivity contribution in [2.45, 2.75) is 78.6 Å². The van der Waals surface area contributed by atoms with Crippen LogP contribution in [0.2, 0.25) is 0 Å². The second-order valence-electron chi connectivity index (χ2n) is 7.51. The Morgan fingerprint density at radius 2 is 1.66 bits per heavy atom. The summed E-state index contributed by atoms with van der Waals surface area (Å²) in [4.78, 5) is 23.1. The molecular formula is C25H36O4. The molecule has 0 saturated heterocycles. The van der Waals surface area contributed by atoms with Crippen molar-refractivity contribution in [1.29, 1.82) is 0 Å². The first kappa shape index (κ1) is 24.7. The Bertz CT molecular complexity index is 701. The number of aliphatic carboxylic acids is 2. The Morgan fingerprint density at radius 3 is 2.24 bits per heavy atom. The molecule has 0 unspecified atom stereocenters. The average molecular weight is 401 g/mol. The molecule has 0 aliphatic carbocycles. The van der Waals surface area contributed by atoms with E-state index in [0.29, 0.717) is 6.42 Å². The van der Waals surface area contributed by atoms with Gasteiger partial charge in [0.2, 0.25) is 0 Å². The summed E-state index contributed by atoms with van der Waals surface area (Å²) in [7, 11) is 0. The number of carbonyl (C=O) groups is 2. The number of rotatable bonds is 14. The molecule has 4 nitrogen and oxygen atoms in total. The number of allylic oxidation sites excluding steroid dienone is 3. The molecule has 0 saturated carbocycles. The third-order valence-electron chi connectivity index (χ3n) is 5.59. The summed E-state index contributed by atoms with van der Waals surface area (Å²) in [5.74, 6) is -2.52. The highest BCUT2D eigenvalue weighted by molar-refractivity contribution is 5.98. The molecule has 0 aromatic heterocycles. The molecule has 0 bridgehead atoms. The normalized spacial score (nSPS) is 12.4. The standard InChI is InChI=1S/C25H36O4/c1-4-7-8-9-10-11-15-21-16-12-13-18-22(21)20(5-2)17-14-19-25(6-3,23(26)27)24(28)29/h11-13,15-18H,4-10,14,19H2,1-3H3,(H,26,27)(H,28,29). The third kappa shape index (κ3) is 7.19. The fourth-order valence-electron chi connectivity index (χ4n) is 3.56. The smallest absolute Gasteiger partial charge is 0.321 e. The number of carboxylic acid groups (broad SMARTS) is 2. The van der Waals surface area contributed by atoms with Crippen molar-refractivity contribution in [3.63, 3.8) is 0 Å². The van der Waals surface area contributed by atoms with Crippen LogP contribution in [-0.4, -0.2) is 22.2 Å². The predicted octanol–water partition coefficient (Wildman–Crippen LogP) is 6.81. The molecule has 4 heteroatoms. The van der Waals surface area contributed by atoms with Crippen LogP contribution >= 0.6 is 0 Å². The van der Waals surface area contributed by atoms with Gasteiger partial charge < -0.3 is 10.2 Å². The highest BCUT2D eigenvalue weighted by atomic mass is 16.4. The van der Waals surface area contributed by atoms with Crippen molar-refractivity contribution < 1.29 is 19.8 Å². The van der Waals surface area contributed by atoms with Crippen LogP contribution in [-0.2, 0) is 9.59 Å². The molecule has 29 heavy (non-hydrogen) atoms. The van der Waals surface area contributed by atoms with Crippen LogP contribution in [0.5, 0.6) is 0 Å². The van der Waals surface area contributed by atoms with Gasteiger partial charge in [0.05, 0.1) is 0 Å². The van der Waals surface area contributed by atoms with Crippen molar-refractivity contribution in [1.82, 2.24) is 0 Å². The summed E-state index contributed by atoms with van der Waals surface area (Å²) < 4.78 is 0. The average Bonchev–Trinajstić information content (AvgIpc) is 2.71. The molecule has 0 radical (unpaired) electrons. The molecule has 0 spiro atoms. The molecule has 2 N–H and O–H groups in total. The number of hydrogen-bond donors (Lipinski definition) is 2. The van der Waals surface area contributed by atoms with Gasteiger partial charge in [0.15, 0.2) is 5.41 Å². The van der Waals surface area contributed by atoms with Crippen molar-refractivity contribution >= 4 is 23.6 Å². The highest BCUT2D eigenvalue weighted by Gasteiger charge is 2.44. The molecule has 1 aromatic carbocycles. The SMILES string of the molecule is CCCCCCC=Cc1ccccc1C(=CCCC(CC)(C(=O)O)C(=O)O)CC.